The number of aliphatic hydroxyl groups is 1. The molecular weight excluding hydrogens is 193 g/mol. The average molecular weight is 213 g/mol. The second-order valence-corrected chi connectivity index (χ2v) is 4.50. The molecule has 0 atom stereocenters. The van der Waals surface area contributed by atoms with Crippen molar-refractivity contribution in [2.75, 3.05) is 48.5 Å². The van der Waals surface area contributed by atoms with Crippen LogP contribution >= 0.6 is 8.60 Å². The van der Waals surface area contributed by atoms with E-state index >= 15 is 0 Å². The lowest BCUT2D eigenvalue weighted by atomic mass is 10.5. The maximum Gasteiger partial charge on any atom is 0.101 e. The lowest BCUT2D eigenvalue weighted by molar-refractivity contribution is -0.870. The van der Waals surface area contributed by atoms with E-state index in [1.165, 1.54) is 14.2 Å². The van der Waals surface area contributed by atoms with Crippen molar-refractivity contribution in [2.24, 2.45) is 0 Å². The topological polar surface area (TPSA) is 61.8 Å². The van der Waals surface area contributed by atoms with Crippen LogP contribution in [0.25, 0.3) is 0 Å². The Balaban J connectivity index is 0. The second-order valence-electron chi connectivity index (χ2n) is 3.33. The zero-order valence-corrected chi connectivity index (χ0v) is 9.88. The van der Waals surface area contributed by atoms with Crippen LogP contribution < -0.4 is 4.89 Å². The molecule has 0 radical (unpaired) electrons. The van der Waals surface area contributed by atoms with Crippen LogP contribution in [0.15, 0.2) is 0 Å². The minimum absolute atomic E-state index is 0.281. The van der Waals surface area contributed by atoms with Gasteiger partial charge in [0.1, 0.15) is 6.54 Å². The van der Waals surface area contributed by atoms with Crippen LogP contribution in [0, 0.1) is 0 Å². The summed E-state index contributed by atoms with van der Waals surface area (Å²) in [7, 11) is 6.97. The summed E-state index contributed by atoms with van der Waals surface area (Å²) in [6.07, 6.45) is 0. The van der Waals surface area contributed by atoms with Gasteiger partial charge in [0.15, 0.2) is 0 Å². The summed E-state index contributed by atoms with van der Waals surface area (Å²) in [6, 6.07) is 0. The van der Waals surface area contributed by atoms with Crippen molar-refractivity contribution in [3.63, 3.8) is 0 Å². The number of likely N-dealkylation sites (N-methyl/N-ethyl adjacent to an activating group) is 1. The molecule has 0 unspecified atom stereocenters. The summed E-state index contributed by atoms with van der Waals surface area (Å²) in [6.45, 7) is 1.11. The van der Waals surface area contributed by atoms with Crippen molar-refractivity contribution in [1.29, 1.82) is 0 Å². The number of hydrogen-bond acceptors (Lipinski definition) is 4. The lowest BCUT2D eigenvalue weighted by Crippen LogP contribution is -2.36. The Morgan fingerprint density at radius 1 is 1.23 bits per heavy atom. The van der Waals surface area contributed by atoms with Crippen molar-refractivity contribution in [3.05, 3.63) is 0 Å². The number of quaternary nitrogens is 1. The average Bonchev–Trinajstić information content (AvgIpc) is 2.02. The van der Waals surface area contributed by atoms with Crippen molar-refractivity contribution in [2.45, 2.75) is 0 Å². The molecular formula is C7H20NO4P. The van der Waals surface area contributed by atoms with Crippen LogP contribution in [-0.4, -0.2) is 58.1 Å². The van der Waals surface area contributed by atoms with E-state index in [2.05, 4.69) is 30.2 Å². The van der Waals surface area contributed by atoms with Crippen molar-refractivity contribution in [1.82, 2.24) is 0 Å². The Kier molecular flexibility index (Phi) is 10.6. The Labute approximate surface area is 81.5 Å². The van der Waals surface area contributed by atoms with E-state index in [1.54, 1.807) is 0 Å². The smallest absolute Gasteiger partial charge is 0.101 e. The summed E-state index contributed by atoms with van der Waals surface area (Å²) < 4.78 is 9.22. The molecule has 0 saturated carbocycles. The normalized spacial score (nSPS) is 11.1. The molecule has 0 heterocycles. The zero-order valence-electron chi connectivity index (χ0n) is 8.98. The van der Waals surface area contributed by atoms with Gasteiger partial charge in [0.05, 0.1) is 36.4 Å². The molecule has 0 saturated heterocycles. The van der Waals surface area contributed by atoms with Gasteiger partial charge in [-0.05, 0) is 0 Å². The highest BCUT2D eigenvalue weighted by molar-refractivity contribution is 7.38. The minimum atomic E-state index is -1.83. The molecule has 0 aromatic carbocycles. The zero-order chi connectivity index (χ0) is 10.9. The highest BCUT2D eigenvalue weighted by Crippen LogP contribution is 2.22. The molecule has 0 rings (SSSR count). The Bertz CT molecular complexity index is 103. The fourth-order valence-corrected chi connectivity index (χ4v) is 0.524. The van der Waals surface area contributed by atoms with E-state index in [0.717, 1.165) is 11.0 Å². The first-order chi connectivity index (χ1) is 5.87. The SMILES string of the molecule is COP([O-])OC.C[N+](C)(C)CCO. The first kappa shape index (κ1) is 15.7. The fraction of sp³-hybridized carbons (Fsp3) is 1.00. The van der Waals surface area contributed by atoms with Crippen LogP contribution in [0.5, 0.6) is 0 Å². The van der Waals surface area contributed by atoms with Crippen LogP contribution in [0.2, 0.25) is 0 Å². The maximum absolute atomic E-state index is 9.88. The summed E-state index contributed by atoms with van der Waals surface area (Å²) in [5.41, 5.74) is 0. The molecule has 0 bridgehead atoms. The molecule has 0 aliphatic carbocycles. The Morgan fingerprint density at radius 3 is 1.62 bits per heavy atom. The van der Waals surface area contributed by atoms with Gasteiger partial charge in [-0.15, -0.1) is 0 Å². The third kappa shape index (κ3) is 18.9. The molecule has 0 aliphatic heterocycles. The lowest BCUT2D eigenvalue weighted by Gasteiger charge is -2.21. The minimum Gasteiger partial charge on any atom is -0.786 e. The first-order valence-electron chi connectivity index (χ1n) is 3.84. The molecule has 1 N–H and O–H groups in total. The highest BCUT2D eigenvalue weighted by Gasteiger charge is 2.02. The van der Waals surface area contributed by atoms with E-state index < -0.39 is 8.60 Å². The van der Waals surface area contributed by atoms with Gasteiger partial charge < -0.3 is 23.5 Å². The largest absolute Gasteiger partial charge is 0.786 e. The standard InChI is InChI=1S/C5H14NO.C2H6O3P/c1-6(2,3)4-5-7;1-4-6(3)5-2/h7H,4-5H2,1-3H3;1-2H3/q+1;-1. The Morgan fingerprint density at radius 2 is 1.62 bits per heavy atom. The van der Waals surface area contributed by atoms with E-state index in [0.29, 0.717) is 0 Å². The third-order valence-corrected chi connectivity index (χ3v) is 1.67. The molecule has 0 aliphatic rings. The van der Waals surface area contributed by atoms with E-state index in [-0.39, 0.29) is 6.61 Å². The molecule has 0 aromatic rings. The van der Waals surface area contributed by atoms with Crippen molar-refractivity contribution in [3.8, 4) is 0 Å². The van der Waals surface area contributed by atoms with Crippen molar-refractivity contribution < 1.29 is 23.5 Å². The molecule has 13 heavy (non-hydrogen) atoms. The number of aliphatic hydroxyl groups excluding tert-OH is 1. The third-order valence-electron chi connectivity index (χ3n) is 1.07. The van der Waals surface area contributed by atoms with Crippen LogP contribution in [-0.2, 0) is 9.05 Å². The van der Waals surface area contributed by atoms with E-state index in [1.807, 2.05) is 0 Å². The van der Waals surface area contributed by atoms with E-state index in [9.17, 15) is 4.89 Å². The summed E-state index contributed by atoms with van der Waals surface area (Å²) in [5.74, 6) is 0. The van der Waals surface area contributed by atoms with Crippen molar-refractivity contribution >= 4 is 8.60 Å². The molecule has 0 aromatic heterocycles. The quantitative estimate of drug-likeness (QED) is 0.507. The van der Waals surface area contributed by atoms with Gasteiger partial charge in [-0.3, -0.25) is 0 Å². The van der Waals surface area contributed by atoms with E-state index in [4.69, 9.17) is 5.11 Å². The first-order valence-corrected chi connectivity index (χ1v) is 4.93. The molecule has 6 heteroatoms. The number of nitrogens with zero attached hydrogens (tertiary/aromatic N) is 1. The monoisotopic (exact) mass is 213 g/mol. The molecule has 0 fully saturated rings. The second kappa shape index (κ2) is 8.81. The molecule has 82 valence electrons. The van der Waals surface area contributed by atoms with Gasteiger partial charge in [0.2, 0.25) is 0 Å². The van der Waals surface area contributed by atoms with Gasteiger partial charge in [0, 0.05) is 14.2 Å². The predicted octanol–water partition coefficient (Wildman–Crippen LogP) is -0.449. The van der Waals surface area contributed by atoms with Gasteiger partial charge in [0.25, 0.3) is 0 Å². The maximum atomic E-state index is 9.88. The number of hydrogen-bond donors (Lipinski definition) is 1. The summed E-state index contributed by atoms with van der Waals surface area (Å²) in [4.78, 5) is 9.88. The predicted molar refractivity (Wildman–Crippen MR) is 50.9 cm³/mol. The van der Waals surface area contributed by atoms with Gasteiger partial charge in [-0.25, -0.2) is 0 Å². The fourth-order valence-electron chi connectivity index (χ4n) is 0.375. The summed E-state index contributed by atoms with van der Waals surface area (Å²) >= 11 is 0. The van der Waals surface area contributed by atoms with Gasteiger partial charge in [-0.2, -0.15) is 0 Å². The van der Waals surface area contributed by atoms with Crippen LogP contribution in [0.3, 0.4) is 0 Å². The summed E-state index contributed by atoms with van der Waals surface area (Å²) in [5, 5.41) is 8.39. The molecule has 0 spiro atoms. The Hall–Kier alpha value is 0.230. The highest BCUT2D eigenvalue weighted by atomic mass is 31.2. The van der Waals surface area contributed by atoms with Gasteiger partial charge >= 0.3 is 0 Å². The van der Waals surface area contributed by atoms with Crippen LogP contribution in [0.1, 0.15) is 0 Å². The molecule has 0 amide bonds. The van der Waals surface area contributed by atoms with Crippen LogP contribution in [0.4, 0.5) is 0 Å². The number of rotatable bonds is 4. The van der Waals surface area contributed by atoms with Gasteiger partial charge in [-0.1, -0.05) is 0 Å². The molecule has 5 nitrogen and oxygen atoms in total.